The highest BCUT2D eigenvalue weighted by Crippen LogP contribution is 2.27. The Morgan fingerprint density at radius 1 is 1.27 bits per heavy atom. The molecule has 3 nitrogen and oxygen atoms in total. The summed E-state index contributed by atoms with van der Waals surface area (Å²) >= 11 is 0. The number of carboxylic acid groups (broad SMARTS) is 1. The smallest absolute Gasteiger partial charge is 0.323 e. The van der Waals surface area contributed by atoms with E-state index in [9.17, 15) is 4.79 Å². The second-order valence-electron chi connectivity index (χ2n) is 3.76. The molecule has 0 amide bonds. The normalized spacial score (nSPS) is 16.5. The van der Waals surface area contributed by atoms with Crippen LogP contribution in [0.25, 0.3) is 0 Å². The van der Waals surface area contributed by atoms with Crippen LogP contribution in [-0.4, -0.2) is 16.6 Å². The average molecular weight is 182 g/mol. The first-order valence-corrected chi connectivity index (χ1v) is 3.22. The lowest BCUT2D eigenvalue weighted by atomic mass is 9.76. The number of nitrogens with two attached hydrogens (primary N) is 1. The molecule has 0 spiro atoms. The van der Waals surface area contributed by atoms with E-state index in [0.717, 1.165) is 0 Å². The summed E-state index contributed by atoms with van der Waals surface area (Å²) < 4.78 is 0. The molecule has 0 aliphatic rings. The van der Waals surface area contributed by atoms with Crippen molar-refractivity contribution in [3.05, 3.63) is 0 Å². The van der Waals surface area contributed by atoms with Crippen molar-refractivity contribution in [2.45, 2.75) is 33.2 Å². The van der Waals surface area contributed by atoms with E-state index < -0.39 is 16.9 Å². The van der Waals surface area contributed by atoms with Gasteiger partial charge in [0.2, 0.25) is 0 Å². The van der Waals surface area contributed by atoms with Crippen molar-refractivity contribution in [2.24, 2.45) is 11.1 Å². The van der Waals surface area contributed by atoms with Crippen molar-refractivity contribution in [1.29, 1.82) is 0 Å². The van der Waals surface area contributed by atoms with Crippen molar-refractivity contribution >= 4 is 18.4 Å². The fourth-order valence-corrected chi connectivity index (χ4v) is 0.321. The van der Waals surface area contributed by atoms with Gasteiger partial charge in [-0.25, -0.2) is 0 Å². The summed E-state index contributed by atoms with van der Waals surface area (Å²) in [5.74, 6) is -0.958. The lowest BCUT2D eigenvalue weighted by molar-refractivity contribution is -0.146. The quantitative estimate of drug-likeness (QED) is 0.640. The highest BCUT2D eigenvalue weighted by Gasteiger charge is 2.40. The third-order valence-corrected chi connectivity index (χ3v) is 2.00. The van der Waals surface area contributed by atoms with Crippen LogP contribution in [0.2, 0.25) is 0 Å². The summed E-state index contributed by atoms with van der Waals surface area (Å²) in [6, 6.07) is 0. The molecule has 3 N–H and O–H groups in total. The summed E-state index contributed by atoms with van der Waals surface area (Å²) in [6.45, 7) is 6.94. The molecule has 0 radical (unpaired) electrons. The van der Waals surface area contributed by atoms with E-state index in [4.69, 9.17) is 10.8 Å². The molecular weight excluding hydrogens is 166 g/mol. The SMILES string of the molecule is CC(C)(C)[C@@](C)(N)C(=O)O.Cl. The predicted molar refractivity (Wildman–Crippen MR) is 46.9 cm³/mol. The first-order chi connectivity index (χ1) is 4.19. The number of hydrogen-bond donors (Lipinski definition) is 2. The maximum Gasteiger partial charge on any atom is 0.323 e. The van der Waals surface area contributed by atoms with Gasteiger partial charge in [0.15, 0.2) is 0 Å². The minimum Gasteiger partial charge on any atom is -0.480 e. The third kappa shape index (κ3) is 2.67. The van der Waals surface area contributed by atoms with Crippen molar-refractivity contribution < 1.29 is 9.90 Å². The van der Waals surface area contributed by atoms with Crippen molar-refractivity contribution in [2.75, 3.05) is 0 Å². The van der Waals surface area contributed by atoms with Gasteiger partial charge in [-0.3, -0.25) is 4.79 Å². The molecule has 4 heteroatoms. The van der Waals surface area contributed by atoms with Crippen LogP contribution in [-0.2, 0) is 4.79 Å². The van der Waals surface area contributed by atoms with Crippen LogP contribution >= 0.6 is 12.4 Å². The minimum absolute atomic E-state index is 0. The Kier molecular flexibility index (Phi) is 4.13. The first-order valence-electron chi connectivity index (χ1n) is 3.22. The molecule has 0 saturated heterocycles. The van der Waals surface area contributed by atoms with Crippen molar-refractivity contribution in [3.63, 3.8) is 0 Å². The fourth-order valence-electron chi connectivity index (χ4n) is 0.321. The van der Waals surface area contributed by atoms with Crippen LogP contribution in [0.1, 0.15) is 27.7 Å². The predicted octanol–water partition coefficient (Wildman–Crippen LogP) is 1.26. The van der Waals surface area contributed by atoms with Crippen LogP contribution in [0.4, 0.5) is 0 Å². The van der Waals surface area contributed by atoms with E-state index in [0.29, 0.717) is 0 Å². The largest absolute Gasteiger partial charge is 0.480 e. The monoisotopic (exact) mass is 181 g/mol. The Hall–Kier alpha value is -0.280. The first kappa shape index (κ1) is 13.3. The lowest BCUT2D eigenvalue weighted by Crippen LogP contribution is -2.55. The molecular formula is C7H16ClNO2. The summed E-state index contributed by atoms with van der Waals surface area (Å²) in [7, 11) is 0. The van der Waals surface area contributed by atoms with Crippen molar-refractivity contribution in [1.82, 2.24) is 0 Å². The zero-order valence-corrected chi connectivity index (χ0v) is 8.16. The van der Waals surface area contributed by atoms with E-state index in [1.54, 1.807) is 20.8 Å². The molecule has 11 heavy (non-hydrogen) atoms. The molecule has 68 valence electrons. The van der Waals surface area contributed by atoms with Gasteiger partial charge < -0.3 is 10.8 Å². The molecule has 0 aromatic heterocycles. The van der Waals surface area contributed by atoms with Gasteiger partial charge >= 0.3 is 5.97 Å². The molecule has 0 saturated carbocycles. The summed E-state index contributed by atoms with van der Waals surface area (Å²) in [5.41, 5.74) is 3.99. The maximum absolute atomic E-state index is 10.5. The van der Waals surface area contributed by atoms with Crippen LogP contribution in [0.3, 0.4) is 0 Å². The average Bonchev–Trinajstić information content (AvgIpc) is 1.62. The van der Waals surface area contributed by atoms with Gasteiger partial charge in [0.1, 0.15) is 5.54 Å². The van der Waals surface area contributed by atoms with Gasteiger partial charge in [-0.15, -0.1) is 12.4 Å². The molecule has 0 heterocycles. The number of carbonyl (C=O) groups is 1. The van der Waals surface area contributed by atoms with Gasteiger partial charge in [0, 0.05) is 0 Å². The van der Waals surface area contributed by atoms with Crippen LogP contribution < -0.4 is 5.73 Å². The lowest BCUT2D eigenvalue weighted by Gasteiger charge is -2.33. The molecule has 1 atom stereocenters. The highest BCUT2D eigenvalue weighted by molar-refractivity contribution is 5.85. The number of rotatable bonds is 1. The maximum atomic E-state index is 10.5. The Morgan fingerprint density at radius 3 is 1.55 bits per heavy atom. The Bertz CT molecular complexity index is 149. The third-order valence-electron chi connectivity index (χ3n) is 2.00. The zero-order valence-electron chi connectivity index (χ0n) is 7.34. The molecule has 0 aliphatic heterocycles. The Balaban J connectivity index is 0. The zero-order chi connectivity index (χ0) is 8.58. The van der Waals surface area contributed by atoms with E-state index in [-0.39, 0.29) is 12.4 Å². The van der Waals surface area contributed by atoms with E-state index >= 15 is 0 Å². The second-order valence-corrected chi connectivity index (χ2v) is 3.76. The topological polar surface area (TPSA) is 63.3 Å². The number of carboxylic acids is 1. The fraction of sp³-hybridized carbons (Fsp3) is 0.857. The van der Waals surface area contributed by atoms with Crippen LogP contribution in [0, 0.1) is 5.41 Å². The Labute approximate surface area is 73.4 Å². The van der Waals surface area contributed by atoms with Gasteiger partial charge in [-0.1, -0.05) is 20.8 Å². The van der Waals surface area contributed by atoms with E-state index in [1.807, 2.05) is 0 Å². The van der Waals surface area contributed by atoms with Gasteiger partial charge in [0.05, 0.1) is 0 Å². The minimum atomic E-state index is -1.15. The molecule has 0 rings (SSSR count). The number of hydrogen-bond acceptors (Lipinski definition) is 2. The van der Waals surface area contributed by atoms with Crippen LogP contribution in [0.5, 0.6) is 0 Å². The molecule has 0 aromatic carbocycles. The second kappa shape index (κ2) is 3.41. The van der Waals surface area contributed by atoms with Crippen LogP contribution in [0.15, 0.2) is 0 Å². The summed E-state index contributed by atoms with van der Waals surface area (Å²) in [4.78, 5) is 10.5. The molecule has 0 aromatic rings. The number of halogens is 1. The van der Waals surface area contributed by atoms with E-state index in [2.05, 4.69) is 0 Å². The summed E-state index contributed by atoms with van der Waals surface area (Å²) in [6.07, 6.45) is 0. The standard InChI is InChI=1S/C7H15NO2.ClH/c1-6(2,3)7(4,8)5(9)10;/h8H2,1-4H3,(H,9,10);1H/t7-;/m0./s1. The van der Waals surface area contributed by atoms with E-state index in [1.165, 1.54) is 6.92 Å². The Morgan fingerprint density at radius 2 is 1.55 bits per heavy atom. The molecule has 0 unspecified atom stereocenters. The number of aliphatic carboxylic acids is 1. The molecule has 0 fully saturated rings. The van der Waals surface area contributed by atoms with Crippen molar-refractivity contribution in [3.8, 4) is 0 Å². The van der Waals surface area contributed by atoms with Gasteiger partial charge in [0.25, 0.3) is 0 Å². The highest BCUT2D eigenvalue weighted by atomic mass is 35.5. The molecule has 0 aliphatic carbocycles. The van der Waals surface area contributed by atoms with Gasteiger partial charge in [-0.05, 0) is 12.3 Å². The molecule has 0 bridgehead atoms. The van der Waals surface area contributed by atoms with Gasteiger partial charge in [-0.2, -0.15) is 0 Å². The summed E-state index contributed by atoms with van der Waals surface area (Å²) in [5, 5.41) is 8.65.